The maximum absolute atomic E-state index is 2.50. The number of fused-ring (bicyclic) bond motifs is 7. The highest BCUT2D eigenvalue weighted by Crippen LogP contribution is 2.48. The van der Waals surface area contributed by atoms with Crippen molar-refractivity contribution in [2.75, 3.05) is 4.90 Å². The summed E-state index contributed by atoms with van der Waals surface area (Å²) in [4.78, 5) is 2.47. The summed E-state index contributed by atoms with van der Waals surface area (Å²) in [5, 5.41) is 4.99. The van der Waals surface area contributed by atoms with Crippen LogP contribution in [0.25, 0.3) is 66.1 Å². The first-order valence-electron chi connectivity index (χ1n) is 21.0. The van der Waals surface area contributed by atoms with E-state index in [2.05, 4.69) is 230 Å². The molecule has 0 unspecified atom stereocenters. The van der Waals surface area contributed by atoms with Crippen molar-refractivity contribution in [1.29, 1.82) is 0 Å². The first kappa shape index (κ1) is 35.3. The molecule has 0 spiro atoms. The smallest absolute Gasteiger partial charge is 0.0561 e. The van der Waals surface area contributed by atoms with Crippen molar-refractivity contribution in [3.63, 3.8) is 0 Å². The summed E-state index contributed by atoms with van der Waals surface area (Å²) in [5.41, 5.74) is 16.0. The third-order valence-electron chi connectivity index (χ3n) is 13.2. The summed E-state index contributed by atoms with van der Waals surface area (Å²) in [6, 6.07) is 69.4. The lowest BCUT2D eigenvalue weighted by atomic mass is 9.63. The highest BCUT2D eigenvalue weighted by Gasteiger charge is 2.37. The van der Waals surface area contributed by atoms with Crippen LogP contribution in [0.15, 0.2) is 188 Å². The first-order chi connectivity index (χ1) is 28.8. The summed E-state index contributed by atoms with van der Waals surface area (Å²) < 4.78 is 4.92. The Bertz CT molecular complexity index is 3220. The van der Waals surface area contributed by atoms with Gasteiger partial charge in [0, 0.05) is 49.9 Å². The normalized spacial score (nSPS) is 14.6. The molecule has 286 valence electrons. The standard InChI is InChI=1S/C56H47N3/c1-55(2)33-34-56(3,4)49-35-40(29-32-48(49)55)59-52-26-16-13-23-45(52)47-31-28-42(37-54(47)59)57(50-24-14-11-21-43(50)38-17-7-5-8-18-38)41-27-30-46-44-22-12-15-25-51(44)58(53(46)36-41)39-19-9-6-10-20-39/h5-32,35-37H,33-34H2,1-4H3. The lowest BCUT2D eigenvalue weighted by molar-refractivity contribution is 0.332. The van der Waals surface area contributed by atoms with Crippen LogP contribution in [-0.2, 0) is 10.8 Å². The Kier molecular flexibility index (Phi) is 8.00. The maximum atomic E-state index is 2.50. The quantitative estimate of drug-likeness (QED) is 0.164. The van der Waals surface area contributed by atoms with Gasteiger partial charge in [0.05, 0.1) is 27.8 Å². The van der Waals surface area contributed by atoms with E-state index in [1.54, 1.807) is 0 Å². The van der Waals surface area contributed by atoms with Gasteiger partial charge in [0.25, 0.3) is 0 Å². The Morgan fingerprint density at radius 2 is 0.881 bits per heavy atom. The SMILES string of the molecule is CC1(C)CCC(C)(C)c2cc(-n3c4ccccc4c4ccc(N(c5ccc6c7ccccc7n(-c7ccccc7)c6c5)c5ccccc5-c5ccccc5)cc43)ccc21. The second-order valence-corrected chi connectivity index (χ2v) is 17.7. The molecular formula is C56H47N3. The number of para-hydroxylation sites is 4. The number of hydrogen-bond acceptors (Lipinski definition) is 1. The average Bonchev–Trinajstić information content (AvgIpc) is 3.78. The Balaban J connectivity index is 1.19. The molecule has 0 amide bonds. The summed E-state index contributed by atoms with van der Waals surface area (Å²) >= 11 is 0. The van der Waals surface area contributed by atoms with Crippen LogP contribution in [0.2, 0.25) is 0 Å². The molecule has 0 radical (unpaired) electrons. The molecule has 8 aromatic carbocycles. The van der Waals surface area contributed by atoms with Gasteiger partial charge in [0.1, 0.15) is 0 Å². The van der Waals surface area contributed by atoms with Gasteiger partial charge in [-0.1, -0.05) is 149 Å². The molecule has 0 aliphatic heterocycles. The third-order valence-corrected chi connectivity index (χ3v) is 13.2. The van der Waals surface area contributed by atoms with Crippen molar-refractivity contribution in [3.05, 3.63) is 199 Å². The molecule has 0 saturated heterocycles. The zero-order chi connectivity index (χ0) is 39.9. The highest BCUT2D eigenvalue weighted by atomic mass is 15.1. The molecule has 0 bridgehead atoms. The molecule has 3 nitrogen and oxygen atoms in total. The minimum absolute atomic E-state index is 0.101. The van der Waals surface area contributed by atoms with Crippen LogP contribution in [0.4, 0.5) is 17.1 Å². The fourth-order valence-electron chi connectivity index (χ4n) is 10.0. The van der Waals surface area contributed by atoms with E-state index in [1.165, 1.54) is 84.4 Å². The topological polar surface area (TPSA) is 13.1 Å². The molecule has 0 saturated carbocycles. The van der Waals surface area contributed by atoms with Crippen LogP contribution in [0.1, 0.15) is 51.7 Å². The third kappa shape index (κ3) is 5.63. The molecule has 1 aliphatic carbocycles. The van der Waals surface area contributed by atoms with E-state index < -0.39 is 0 Å². The second-order valence-electron chi connectivity index (χ2n) is 17.7. The summed E-state index contributed by atoms with van der Waals surface area (Å²) in [5.74, 6) is 0. The van der Waals surface area contributed by atoms with E-state index in [-0.39, 0.29) is 10.8 Å². The maximum Gasteiger partial charge on any atom is 0.0561 e. The zero-order valence-corrected chi connectivity index (χ0v) is 34.2. The lowest BCUT2D eigenvalue weighted by Gasteiger charge is -2.42. The monoisotopic (exact) mass is 761 g/mol. The predicted octanol–water partition coefficient (Wildman–Crippen LogP) is 15.4. The van der Waals surface area contributed by atoms with E-state index in [0.29, 0.717) is 0 Å². The van der Waals surface area contributed by atoms with Gasteiger partial charge in [0.2, 0.25) is 0 Å². The highest BCUT2D eigenvalue weighted by molar-refractivity contribution is 6.12. The Morgan fingerprint density at radius 1 is 0.390 bits per heavy atom. The molecular weight excluding hydrogens is 715 g/mol. The van der Waals surface area contributed by atoms with Gasteiger partial charge in [-0.25, -0.2) is 0 Å². The molecule has 2 aromatic heterocycles. The fraction of sp³-hybridized carbons (Fsp3) is 0.143. The van der Waals surface area contributed by atoms with Crippen molar-refractivity contribution in [3.8, 4) is 22.5 Å². The Hall–Kier alpha value is -6.84. The minimum atomic E-state index is 0.101. The van der Waals surface area contributed by atoms with E-state index in [4.69, 9.17) is 0 Å². The number of anilines is 3. The van der Waals surface area contributed by atoms with Crippen LogP contribution >= 0.6 is 0 Å². The van der Waals surface area contributed by atoms with Crippen LogP contribution in [0, 0.1) is 0 Å². The summed E-state index contributed by atoms with van der Waals surface area (Å²) in [6.07, 6.45) is 2.38. The molecule has 11 rings (SSSR count). The number of benzene rings is 8. The zero-order valence-electron chi connectivity index (χ0n) is 34.2. The molecule has 0 atom stereocenters. The average molecular weight is 762 g/mol. The van der Waals surface area contributed by atoms with E-state index in [0.717, 1.165) is 22.7 Å². The molecule has 1 aliphatic rings. The van der Waals surface area contributed by atoms with Crippen molar-refractivity contribution in [1.82, 2.24) is 9.13 Å². The van der Waals surface area contributed by atoms with Gasteiger partial charge >= 0.3 is 0 Å². The number of nitrogens with zero attached hydrogens (tertiary/aromatic N) is 3. The minimum Gasteiger partial charge on any atom is -0.310 e. The van der Waals surface area contributed by atoms with Gasteiger partial charge in [0.15, 0.2) is 0 Å². The second kappa shape index (κ2) is 13.4. The first-order valence-corrected chi connectivity index (χ1v) is 21.0. The number of rotatable bonds is 6. The van der Waals surface area contributed by atoms with Gasteiger partial charge < -0.3 is 14.0 Å². The van der Waals surface area contributed by atoms with Crippen molar-refractivity contribution >= 4 is 60.7 Å². The van der Waals surface area contributed by atoms with Crippen molar-refractivity contribution in [2.45, 2.75) is 51.4 Å². The van der Waals surface area contributed by atoms with Gasteiger partial charge in [-0.15, -0.1) is 0 Å². The molecule has 3 heteroatoms. The number of hydrogen-bond donors (Lipinski definition) is 0. The molecule has 10 aromatic rings. The number of aromatic nitrogens is 2. The van der Waals surface area contributed by atoms with Crippen LogP contribution in [-0.4, -0.2) is 9.13 Å². The predicted molar refractivity (Wildman–Crippen MR) is 251 cm³/mol. The van der Waals surface area contributed by atoms with Crippen molar-refractivity contribution < 1.29 is 0 Å². The van der Waals surface area contributed by atoms with Gasteiger partial charge in [-0.2, -0.15) is 0 Å². The van der Waals surface area contributed by atoms with E-state index in [1.807, 2.05) is 0 Å². The molecule has 0 fully saturated rings. The summed E-state index contributed by atoms with van der Waals surface area (Å²) in [6.45, 7) is 9.66. The van der Waals surface area contributed by atoms with Crippen LogP contribution in [0.3, 0.4) is 0 Å². The molecule has 59 heavy (non-hydrogen) atoms. The van der Waals surface area contributed by atoms with Gasteiger partial charge in [-0.3, -0.25) is 0 Å². The molecule has 2 heterocycles. The Morgan fingerprint density at radius 3 is 1.51 bits per heavy atom. The lowest BCUT2D eigenvalue weighted by Crippen LogP contribution is -2.33. The van der Waals surface area contributed by atoms with Crippen molar-refractivity contribution in [2.24, 2.45) is 0 Å². The Labute approximate surface area is 346 Å². The van der Waals surface area contributed by atoms with E-state index >= 15 is 0 Å². The van der Waals surface area contributed by atoms with E-state index in [9.17, 15) is 0 Å². The van der Waals surface area contributed by atoms with Crippen LogP contribution in [0.5, 0.6) is 0 Å². The molecule has 0 N–H and O–H groups in total. The largest absolute Gasteiger partial charge is 0.310 e. The fourth-order valence-corrected chi connectivity index (χ4v) is 10.0. The van der Waals surface area contributed by atoms with Crippen LogP contribution < -0.4 is 4.90 Å². The summed E-state index contributed by atoms with van der Waals surface area (Å²) in [7, 11) is 0. The van der Waals surface area contributed by atoms with Gasteiger partial charge in [-0.05, 0) is 107 Å².